The van der Waals surface area contributed by atoms with Crippen LogP contribution in [0.25, 0.3) is 0 Å². The summed E-state index contributed by atoms with van der Waals surface area (Å²) in [5.74, 6) is -2.29. The van der Waals surface area contributed by atoms with Gasteiger partial charge in [-0.1, -0.05) is 0 Å². The minimum atomic E-state index is -4.57. The molecule has 11 heteroatoms. The number of carbonyl (C=O) groups is 3. The van der Waals surface area contributed by atoms with Crippen molar-refractivity contribution >= 4 is 28.0 Å². The molecule has 0 atom stereocenters. The van der Waals surface area contributed by atoms with Gasteiger partial charge in [-0.25, -0.2) is 22.3 Å². The van der Waals surface area contributed by atoms with Gasteiger partial charge in [0.05, 0.1) is 19.1 Å². The van der Waals surface area contributed by atoms with Gasteiger partial charge in [0.25, 0.3) is 10.0 Å². The van der Waals surface area contributed by atoms with Crippen molar-refractivity contribution in [2.75, 3.05) is 13.7 Å². The normalized spacial score (nSPS) is 11.6. The molecule has 0 heterocycles. The number of sulfonamides is 1. The van der Waals surface area contributed by atoms with Gasteiger partial charge < -0.3 is 20.3 Å². The zero-order valence-electron chi connectivity index (χ0n) is 15.4. The van der Waals surface area contributed by atoms with Crippen LogP contribution in [0.4, 0.5) is 4.79 Å². The maximum absolute atomic E-state index is 12.6. The number of carbonyl (C=O) groups excluding carboxylic acids is 3. The number of benzene rings is 1. The number of urea groups is 1. The van der Waals surface area contributed by atoms with Gasteiger partial charge in [-0.15, -0.1) is 0 Å². The predicted molar refractivity (Wildman–Crippen MR) is 93.4 cm³/mol. The van der Waals surface area contributed by atoms with E-state index in [4.69, 9.17) is 10.5 Å². The first-order valence-electron chi connectivity index (χ1n) is 7.75. The predicted octanol–water partition coefficient (Wildman–Crippen LogP) is 0.980. The third-order valence-corrected chi connectivity index (χ3v) is 4.98. The molecule has 0 unspecified atom stereocenters. The molecule has 2 amide bonds. The number of methoxy groups -OCH3 is 1. The fourth-order valence-corrected chi connectivity index (χ4v) is 3.40. The molecule has 0 aliphatic rings. The molecule has 0 bridgehead atoms. The highest BCUT2D eigenvalue weighted by Gasteiger charge is 2.31. The van der Waals surface area contributed by atoms with E-state index < -0.39 is 57.2 Å². The van der Waals surface area contributed by atoms with Crippen molar-refractivity contribution in [1.29, 1.82) is 0 Å². The SMILES string of the molecule is COC(=O)c1ccc(S(=O)(=O)N(CCC(=O)OC(C)(C)C)C(N)=O)c(O)c1. The fourth-order valence-electron chi connectivity index (χ4n) is 2.03. The largest absolute Gasteiger partial charge is 0.506 e. The van der Waals surface area contributed by atoms with Gasteiger partial charge in [-0.3, -0.25) is 4.79 Å². The van der Waals surface area contributed by atoms with Gasteiger partial charge >= 0.3 is 18.0 Å². The average molecular weight is 402 g/mol. The lowest BCUT2D eigenvalue weighted by atomic mass is 10.2. The molecule has 1 aromatic carbocycles. The summed E-state index contributed by atoms with van der Waals surface area (Å²) >= 11 is 0. The lowest BCUT2D eigenvalue weighted by Gasteiger charge is -2.23. The van der Waals surface area contributed by atoms with Crippen LogP contribution in [0.3, 0.4) is 0 Å². The number of hydrogen-bond donors (Lipinski definition) is 2. The number of phenols is 1. The molecule has 0 fully saturated rings. The van der Waals surface area contributed by atoms with E-state index in [-0.39, 0.29) is 9.87 Å². The standard InChI is InChI=1S/C16H22N2O8S/c1-16(2,3)26-13(20)7-8-18(15(17)22)27(23,24)12-6-5-10(9-11(12)19)14(21)25-4/h5-6,9,19H,7-8H2,1-4H3,(H2,17,22). The molecular formula is C16H22N2O8S. The number of rotatable bonds is 6. The highest BCUT2D eigenvalue weighted by Crippen LogP contribution is 2.27. The number of phenolic OH excluding ortho intramolecular Hbond substituents is 1. The molecule has 27 heavy (non-hydrogen) atoms. The summed E-state index contributed by atoms with van der Waals surface area (Å²) in [7, 11) is -3.45. The molecule has 0 saturated carbocycles. The van der Waals surface area contributed by atoms with Crippen molar-refractivity contribution in [3.05, 3.63) is 23.8 Å². The molecule has 0 saturated heterocycles. The highest BCUT2D eigenvalue weighted by atomic mass is 32.2. The van der Waals surface area contributed by atoms with E-state index in [1.54, 1.807) is 20.8 Å². The van der Waals surface area contributed by atoms with Crippen molar-refractivity contribution in [3.8, 4) is 5.75 Å². The van der Waals surface area contributed by atoms with E-state index in [9.17, 15) is 27.9 Å². The lowest BCUT2D eigenvalue weighted by molar-refractivity contribution is -0.154. The molecule has 0 aliphatic carbocycles. The first-order chi connectivity index (χ1) is 12.3. The number of nitrogens with zero attached hydrogens (tertiary/aromatic N) is 1. The maximum atomic E-state index is 12.6. The minimum Gasteiger partial charge on any atom is -0.506 e. The van der Waals surface area contributed by atoms with Gasteiger partial charge in [-0.2, -0.15) is 0 Å². The molecule has 0 spiro atoms. The van der Waals surface area contributed by atoms with E-state index in [0.29, 0.717) is 0 Å². The van der Waals surface area contributed by atoms with E-state index in [0.717, 1.165) is 25.3 Å². The highest BCUT2D eigenvalue weighted by molar-refractivity contribution is 7.89. The molecule has 1 aromatic rings. The third-order valence-electron chi connectivity index (χ3n) is 3.13. The van der Waals surface area contributed by atoms with Crippen molar-refractivity contribution in [2.24, 2.45) is 5.73 Å². The Morgan fingerprint density at radius 3 is 2.26 bits per heavy atom. The number of esters is 2. The molecule has 150 valence electrons. The first kappa shape index (κ1) is 22.2. The third kappa shape index (κ3) is 5.84. The van der Waals surface area contributed by atoms with E-state index in [2.05, 4.69) is 4.74 Å². The maximum Gasteiger partial charge on any atom is 0.337 e. The molecule has 0 radical (unpaired) electrons. The van der Waals surface area contributed by atoms with Gasteiger partial charge in [0, 0.05) is 6.54 Å². The van der Waals surface area contributed by atoms with Crippen molar-refractivity contribution in [2.45, 2.75) is 37.7 Å². The van der Waals surface area contributed by atoms with Gasteiger partial charge in [-0.05, 0) is 39.0 Å². The number of hydrogen-bond acceptors (Lipinski definition) is 8. The average Bonchev–Trinajstić information content (AvgIpc) is 2.51. The summed E-state index contributed by atoms with van der Waals surface area (Å²) in [5, 5.41) is 9.97. The Balaban J connectivity index is 3.11. The second-order valence-corrected chi connectivity index (χ2v) is 8.26. The number of aromatic hydroxyl groups is 1. The molecule has 3 N–H and O–H groups in total. The second kappa shape index (κ2) is 8.25. The van der Waals surface area contributed by atoms with Crippen LogP contribution in [0, 0.1) is 0 Å². The summed E-state index contributed by atoms with van der Waals surface area (Å²) < 4.78 is 35.0. The van der Waals surface area contributed by atoms with Gasteiger partial charge in [0.2, 0.25) is 0 Å². The van der Waals surface area contributed by atoms with Crippen molar-refractivity contribution in [1.82, 2.24) is 4.31 Å². The van der Waals surface area contributed by atoms with Crippen LogP contribution in [0.2, 0.25) is 0 Å². The van der Waals surface area contributed by atoms with E-state index >= 15 is 0 Å². The Hall–Kier alpha value is -2.82. The summed E-state index contributed by atoms with van der Waals surface area (Å²) in [6.45, 7) is 4.32. The molecular weight excluding hydrogens is 380 g/mol. The Morgan fingerprint density at radius 1 is 1.22 bits per heavy atom. The number of ether oxygens (including phenoxy) is 2. The molecule has 0 aliphatic heterocycles. The molecule has 10 nitrogen and oxygen atoms in total. The monoisotopic (exact) mass is 402 g/mol. The van der Waals surface area contributed by atoms with Crippen LogP contribution in [0.15, 0.2) is 23.1 Å². The lowest BCUT2D eigenvalue weighted by Crippen LogP contribution is -2.42. The Morgan fingerprint density at radius 2 is 1.81 bits per heavy atom. The molecule has 1 rings (SSSR count). The second-order valence-electron chi connectivity index (χ2n) is 6.43. The number of nitrogens with two attached hydrogens (primary N) is 1. The quantitative estimate of drug-likeness (QED) is 0.668. The van der Waals surface area contributed by atoms with Crippen molar-refractivity contribution < 1.29 is 37.4 Å². The number of primary amides is 1. The van der Waals surface area contributed by atoms with Crippen LogP contribution >= 0.6 is 0 Å². The van der Waals surface area contributed by atoms with E-state index in [1.165, 1.54) is 0 Å². The Labute approximate surface area is 156 Å². The Bertz CT molecular complexity index is 842. The smallest absolute Gasteiger partial charge is 0.337 e. The van der Waals surface area contributed by atoms with Crippen LogP contribution in [-0.2, 0) is 24.3 Å². The topological polar surface area (TPSA) is 153 Å². The van der Waals surface area contributed by atoms with Crippen LogP contribution in [0.5, 0.6) is 5.75 Å². The zero-order valence-corrected chi connectivity index (χ0v) is 16.2. The van der Waals surface area contributed by atoms with Crippen molar-refractivity contribution in [3.63, 3.8) is 0 Å². The van der Waals surface area contributed by atoms with Gasteiger partial charge in [0.15, 0.2) is 0 Å². The summed E-state index contributed by atoms with van der Waals surface area (Å²) in [6, 6.07) is 1.58. The fraction of sp³-hybridized carbons (Fsp3) is 0.438. The summed E-state index contributed by atoms with van der Waals surface area (Å²) in [4.78, 5) is 34.2. The van der Waals surface area contributed by atoms with Crippen LogP contribution in [0.1, 0.15) is 37.6 Å². The van der Waals surface area contributed by atoms with Crippen LogP contribution in [-0.4, -0.2) is 55.1 Å². The minimum absolute atomic E-state index is 0.0895. The summed E-state index contributed by atoms with van der Waals surface area (Å²) in [6.07, 6.45) is -0.430. The van der Waals surface area contributed by atoms with Crippen LogP contribution < -0.4 is 5.73 Å². The molecule has 0 aromatic heterocycles. The first-order valence-corrected chi connectivity index (χ1v) is 9.19. The Kier molecular flexibility index (Phi) is 6.79. The zero-order chi connectivity index (χ0) is 21.0. The van der Waals surface area contributed by atoms with E-state index in [1.807, 2.05) is 0 Å². The number of amides is 2. The van der Waals surface area contributed by atoms with Gasteiger partial charge in [0.1, 0.15) is 16.2 Å². The summed E-state index contributed by atoms with van der Waals surface area (Å²) in [5.41, 5.74) is 4.25.